The molecule has 0 bridgehead atoms. The monoisotopic (exact) mass is 250 g/mol. The van der Waals surface area contributed by atoms with Crippen LogP contribution in [0.3, 0.4) is 0 Å². The lowest BCUT2D eigenvalue weighted by molar-refractivity contribution is 0.0866. The number of piperidine rings is 1. The van der Waals surface area contributed by atoms with Gasteiger partial charge in [-0.1, -0.05) is 12.1 Å². The average Bonchev–Trinajstić information content (AvgIpc) is 2.41. The van der Waals surface area contributed by atoms with E-state index in [4.69, 9.17) is 9.57 Å². The molecule has 0 amide bonds. The van der Waals surface area contributed by atoms with Crippen LogP contribution in [0.4, 0.5) is 0 Å². The second-order valence-corrected chi connectivity index (χ2v) is 4.79. The van der Waals surface area contributed by atoms with Gasteiger partial charge in [0.1, 0.15) is 11.9 Å². The minimum atomic E-state index is 0.365. The van der Waals surface area contributed by atoms with Gasteiger partial charge in [0.2, 0.25) is 0 Å². The number of likely N-dealkylation sites (tertiary alicyclic amines) is 1. The zero-order chi connectivity index (χ0) is 12.8. The smallest absolute Gasteiger partial charge is 0.119 e. The fourth-order valence-electron chi connectivity index (χ4n) is 2.14. The molecule has 0 aliphatic carbocycles. The van der Waals surface area contributed by atoms with E-state index < -0.39 is 0 Å². The molecule has 18 heavy (non-hydrogen) atoms. The number of rotatable bonds is 5. The molecule has 0 atom stereocenters. The van der Waals surface area contributed by atoms with E-state index in [0.717, 1.165) is 31.7 Å². The predicted octanol–water partition coefficient (Wildman–Crippen LogP) is 1.81. The zero-order valence-corrected chi connectivity index (χ0v) is 11.2. The number of hydrogen-bond acceptors (Lipinski definition) is 4. The average molecular weight is 250 g/mol. The summed E-state index contributed by atoms with van der Waals surface area (Å²) >= 11 is 0. The summed E-state index contributed by atoms with van der Waals surface area (Å²) < 4.78 is 5.98. The lowest BCUT2D eigenvalue weighted by Gasteiger charge is -2.29. The van der Waals surface area contributed by atoms with Gasteiger partial charge >= 0.3 is 0 Å². The van der Waals surface area contributed by atoms with Gasteiger partial charge in [0.25, 0.3) is 0 Å². The van der Waals surface area contributed by atoms with Crippen molar-refractivity contribution in [1.82, 2.24) is 10.4 Å². The summed E-state index contributed by atoms with van der Waals surface area (Å²) in [5.41, 5.74) is 4.01. The molecule has 1 aromatic carbocycles. The molecule has 1 heterocycles. The Hall–Kier alpha value is -1.10. The number of hydroxylamine groups is 1. The van der Waals surface area contributed by atoms with Crippen molar-refractivity contribution in [2.75, 3.05) is 27.2 Å². The Labute approximate surface area is 109 Å². The van der Waals surface area contributed by atoms with E-state index >= 15 is 0 Å². The van der Waals surface area contributed by atoms with E-state index in [1.807, 2.05) is 12.1 Å². The van der Waals surface area contributed by atoms with E-state index in [1.165, 1.54) is 5.56 Å². The maximum absolute atomic E-state index is 5.98. The van der Waals surface area contributed by atoms with Crippen LogP contribution >= 0.6 is 0 Å². The summed E-state index contributed by atoms with van der Waals surface area (Å²) in [7, 11) is 3.78. The highest BCUT2D eigenvalue weighted by atomic mass is 16.6. The van der Waals surface area contributed by atoms with Crippen molar-refractivity contribution in [2.24, 2.45) is 0 Å². The number of ether oxygens (including phenoxy) is 1. The van der Waals surface area contributed by atoms with Crippen molar-refractivity contribution < 1.29 is 9.57 Å². The van der Waals surface area contributed by atoms with Crippen molar-refractivity contribution >= 4 is 0 Å². The number of benzene rings is 1. The number of nitrogens with zero attached hydrogens (tertiary/aromatic N) is 1. The first-order valence-corrected chi connectivity index (χ1v) is 6.48. The summed E-state index contributed by atoms with van der Waals surface area (Å²) in [5.74, 6) is 0.964. The minimum Gasteiger partial charge on any atom is -0.490 e. The molecule has 0 spiro atoms. The Morgan fingerprint density at radius 3 is 2.50 bits per heavy atom. The first-order chi connectivity index (χ1) is 8.78. The Bertz CT molecular complexity index is 345. The van der Waals surface area contributed by atoms with Gasteiger partial charge in [-0.15, -0.1) is 0 Å². The van der Waals surface area contributed by atoms with Crippen molar-refractivity contribution in [3.05, 3.63) is 29.8 Å². The molecule has 0 aromatic heterocycles. The lowest BCUT2D eigenvalue weighted by Crippen LogP contribution is -2.35. The lowest BCUT2D eigenvalue weighted by atomic mass is 10.1. The predicted molar refractivity (Wildman–Crippen MR) is 71.4 cm³/mol. The fraction of sp³-hybridized carbons (Fsp3) is 0.571. The normalized spacial score (nSPS) is 17.9. The molecule has 4 nitrogen and oxygen atoms in total. The Kier molecular flexibility index (Phi) is 4.99. The minimum absolute atomic E-state index is 0.365. The quantitative estimate of drug-likeness (QED) is 0.808. The number of hydrogen-bond donors (Lipinski definition) is 1. The van der Waals surface area contributed by atoms with Gasteiger partial charge in [0.15, 0.2) is 0 Å². The molecule has 1 aliphatic heterocycles. The highest BCUT2D eigenvalue weighted by Crippen LogP contribution is 2.19. The molecule has 100 valence electrons. The van der Waals surface area contributed by atoms with Gasteiger partial charge in [0.05, 0.1) is 7.11 Å². The second kappa shape index (κ2) is 6.73. The van der Waals surface area contributed by atoms with E-state index in [9.17, 15) is 0 Å². The molecule has 1 N–H and O–H groups in total. The molecular weight excluding hydrogens is 228 g/mol. The Balaban J connectivity index is 1.82. The summed E-state index contributed by atoms with van der Waals surface area (Å²) in [5, 5.41) is 0. The van der Waals surface area contributed by atoms with Crippen LogP contribution in [0.1, 0.15) is 18.4 Å². The molecule has 1 aliphatic rings. The summed E-state index contributed by atoms with van der Waals surface area (Å²) in [6.45, 7) is 2.96. The molecule has 0 saturated carbocycles. The maximum Gasteiger partial charge on any atom is 0.119 e. The molecule has 4 heteroatoms. The van der Waals surface area contributed by atoms with Crippen molar-refractivity contribution in [2.45, 2.75) is 25.5 Å². The van der Waals surface area contributed by atoms with E-state index in [2.05, 4.69) is 29.6 Å². The zero-order valence-electron chi connectivity index (χ0n) is 11.2. The van der Waals surface area contributed by atoms with Gasteiger partial charge in [-0.25, -0.2) is 0 Å². The SMILES string of the molecule is CONCc1ccc(OC2CCN(C)CC2)cc1. The first kappa shape index (κ1) is 13.3. The van der Waals surface area contributed by atoms with Crippen molar-refractivity contribution in [3.63, 3.8) is 0 Å². The van der Waals surface area contributed by atoms with Crippen LogP contribution < -0.4 is 10.2 Å². The Morgan fingerprint density at radius 1 is 1.22 bits per heavy atom. The fourth-order valence-corrected chi connectivity index (χ4v) is 2.14. The third-order valence-corrected chi connectivity index (χ3v) is 3.31. The molecular formula is C14H22N2O2. The van der Waals surface area contributed by atoms with Crippen LogP contribution in [0.5, 0.6) is 5.75 Å². The van der Waals surface area contributed by atoms with E-state index in [1.54, 1.807) is 7.11 Å². The van der Waals surface area contributed by atoms with E-state index in [0.29, 0.717) is 12.6 Å². The van der Waals surface area contributed by atoms with Gasteiger partial charge in [0, 0.05) is 19.6 Å². The van der Waals surface area contributed by atoms with Crippen LogP contribution in [0.25, 0.3) is 0 Å². The van der Waals surface area contributed by atoms with Crippen LogP contribution in [0.15, 0.2) is 24.3 Å². The van der Waals surface area contributed by atoms with Crippen LogP contribution in [-0.2, 0) is 11.4 Å². The first-order valence-electron chi connectivity index (χ1n) is 6.48. The topological polar surface area (TPSA) is 33.7 Å². The molecule has 0 unspecified atom stereocenters. The van der Waals surface area contributed by atoms with E-state index in [-0.39, 0.29) is 0 Å². The van der Waals surface area contributed by atoms with Gasteiger partial charge in [-0.05, 0) is 37.6 Å². The largest absolute Gasteiger partial charge is 0.490 e. The molecule has 1 fully saturated rings. The highest BCUT2D eigenvalue weighted by molar-refractivity contribution is 5.27. The summed E-state index contributed by atoms with van der Waals surface area (Å²) in [4.78, 5) is 7.17. The van der Waals surface area contributed by atoms with Crippen LogP contribution in [-0.4, -0.2) is 38.3 Å². The van der Waals surface area contributed by atoms with Crippen LogP contribution in [0, 0.1) is 0 Å². The number of nitrogens with one attached hydrogen (secondary N) is 1. The second-order valence-electron chi connectivity index (χ2n) is 4.79. The third-order valence-electron chi connectivity index (χ3n) is 3.31. The van der Waals surface area contributed by atoms with Crippen LogP contribution in [0.2, 0.25) is 0 Å². The molecule has 2 rings (SSSR count). The Morgan fingerprint density at radius 2 is 1.89 bits per heavy atom. The molecule has 1 saturated heterocycles. The highest BCUT2D eigenvalue weighted by Gasteiger charge is 2.17. The van der Waals surface area contributed by atoms with Crippen molar-refractivity contribution in [3.8, 4) is 5.75 Å². The van der Waals surface area contributed by atoms with Gasteiger partial charge < -0.3 is 14.5 Å². The van der Waals surface area contributed by atoms with Crippen molar-refractivity contribution in [1.29, 1.82) is 0 Å². The third kappa shape index (κ3) is 3.98. The van der Waals surface area contributed by atoms with Gasteiger partial charge in [-0.3, -0.25) is 0 Å². The summed E-state index contributed by atoms with van der Waals surface area (Å²) in [6.07, 6.45) is 2.59. The molecule has 0 radical (unpaired) electrons. The van der Waals surface area contributed by atoms with Gasteiger partial charge in [-0.2, -0.15) is 5.48 Å². The summed E-state index contributed by atoms with van der Waals surface area (Å²) in [6, 6.07) is 8.20. The maximum atomic E-state index is 5.98. The standard InChI is InChI=1S/C14H22N2O2/c1-16-9-7-14(8-10-16)18-13-5-3-12(4-6-13)11-15-17-2/h3-6,14-15H,7-11H2,1-2H3. The molecule has 1 aromatic rings.